The summed E-state index contributed by atoms with van der Waals surface area (Å²) in [6.07, 6.45) is 3.64. The molecule has 0 bridgehead atoms. The van der Waals surface area contributed by atoms with Crippen molar-refractivity contribution in [1.82, 2.24) is 25.4 Å². The lowest BCUT2D eigenvalue weighted by molar-refractivity contribution is 0.601. The third-order valence-electron chi connectivity index (χ3n) is 4.25. The topological polar surface area (TPSA) is 67.1 Å². The Bertz CT molecular complexity index is 764. The molecule has 0 atom stereocenters. The number of hydrogen-bond donors (Lipinski definition) is 2. The van der Waals surface area contributed by atoms with E-state index in [-0.39, 0.29) is 29.8 Å². The average Bonchev–Trinajstić information content (AvgIpc) is 3.20. The SMILES string of the molecule is CN=C(NCCCc1ccc(Br)cc1F)NCc1nnc2n1CCC2.I. The fraction of sp³-hybridized carbons (Fsp3) is 0.471. The van der Waals surface area contributed by atoms with Crippen LogP contribution >= 0.6 is 39.9 Å². The van der Waals surface area contributed by atoms with Gasteiger partial charge in [0, 0.05) is 31.0 Å². The molecule has 26 heavy (non-hydrogen) atoms. The second kappa shape index (κ2) is 10.2. The summed E-state index contributed by atoms with van der Waals surface area (Å²) in [5.74, 6) is 2.55. The normalized spacial score (nSPS) is 13.3. The fourth-order valence-electron chi connectivity index (χ4n) is 2.93. The number of aliphatic imine (C=N–C) groups is 1. The number of nitrogens with one attached hydrogen (secondary N) is 2. The van der Waals surface area contributed by atoms with E-state index in [1.54, 1.807) is 7.05 Å². The van der Waals surface area contributed by atoms with Gasteiger partial charge >= 0.3 is 0 Å². The molecule has 2 heterocycles. The molecule has 0 aliphatic carbocycles. The lowest BCUT2D eigenvalue weighted by Crippen LogP contribution is -2.38. The molecule has 1 aromatic heterocycles. The number of nitrogens with zero attached hydrogens (tertiary/aromatic N) is 4. The lowest BCUT2D eigenvalue weighted by Gasteiger charge is -2.12. The molecule has 1 aliphatic heterocycles. The molecule has 1 aliphatic rings. The van der Waals surface area contributed by atoms with Crippen LogP contribution in [0.2, 0.25) is 0 Å². The van der Waals surface area contributed by atoms with E-state index in [9.17, 15) is 4.39 Å². The van der Waals surface area contributed by atoms with Gasteiger partial charge in [-0.25, -0.2) is 4.39 Å². The Balaban J connectivity index is 0.00000243. The third-order valence-corrected chi connectivity index (χ3v) is 4.75. The molecular weight excluding hydrogens is 514 g/mol. The second-order valence-corrected chi connectivity index (χ2v) is 6.90. The van der Waals surface area contributed by atoms with Gasteiger partial charge in [0.15, 0.2) is 11.8 Å². The van der Waals surface area contributed by atoms with Gasteiger partial charge in [-0.15, -0.1) is 34.2 Å². The Morgan fingerprint density at radius 1 is 1.35 bits per heavy atom. The standard InChI is InChI=1S/C17H22BrFN6.HI/c1-20-17(22-11-16-24-23-15-5-3-9-25(15)16)21-8-2-4-12-6-7-13(18)10-14(12)19;/h6-7,10H,2-5,8-9,11H2,1H3,(H2,20,21,22);1H. The van der Waals surface area contributed by atoms with Crippen molar-refractivity contribution in [3.05, 3.63) is 45.7 Å². The summed E-state index contributed by atoms with van der Waals surface area (Å²) in [5.41, 5.74) is 0.729. The van der Waals surface area contributed by atoms with Crippen LogP contribution in [0.5, 0.6) is 0 Å². The van der Waals surface area contributed by atoms with E-state index < -0.39 is 0 Å². The van der Waals surface area contributed by atoms with Gasteiger partial charge in [-0.3, -0.25) is 4.99 Å². The quantitative estimate of drug-likeness (QED) is 0.258. The number of aryl methyl sites for hydroxylation is 2. The van der Waals surface area contributed by atoms with Gasteiger partial charge in [-0.05, 0) is 37.0 Å². The predicted molar refractivity (Wildman–Crippen MR) is 114 cm³/mol. The zero-order chi connectivity index (χ0) is 17.6. The first-order valence-corrected chi connectivity index (χ1v) is 9.26. The molecule has 2 N–H and O–H groups in total. The number of guanidine groups is 1. The number of fused-ring (bicyclic) bond motifs is 1. The molecule has 0 unspecified atom stereocenters. The first-order valence-electron chi connectivity index (χ1n) is 8.47. The van der Waals surface area contributed by atoms with Crippen LogP contribution in [-0.4, -0.2) is 34.3 Å². The van der Waals surface area contributed by atoms with Crippen LogP contribution in [0.15, 0.2) is 27.7 Å². The third kappa shape index (κ3) is 5.38. The number of benzene rings is 1. The van der Waals surface area contributed by atoms with Crippen LogP contribution in [0.1, 0.15) is 30.1 Å². The molecule has 9 heteroatoms. The van der Waals surface area contributed by atoms with Crippen LogP contribution in [0.3, 0.4) is 0 Å². The van der Waals surface area contributed by atoms with Crippen molar-refractivity contribution in [2.75, 3.05) is 13.6 Å². The van der Waals surface area contributed by atoms with E-state index in [4.69, 9.17) is 0 Å². The largest absolute Gasteiger partial charge is 0.356 e. The van der Waals surface area contributed by atoms with Gasteiger partial charge < -0.3 is 15.2 Å². The van der Waals surface area contributed by atoms with Crippen LogP contribution < -0.4 is 10.6 Å². The van der Waals surface area contributed by atoms with Crippen molar-refractivity contribution >= 4 is 45.9 Å². The van der Waals surface area contributed by atoms with Crippen LogP contribution in [0, 0.1) is 5.82 Å². The highest BCUT2D eigenvalue weighted by Crippen LogP contribution is 2.16. The van der Waals surface area contributed by atoms with Gasteiger partial charge in [0.1, 0.15) is 11.6 Å². The van der Waals surface area contributed by atoms with Crippen molar-refractivity contribution in [2.45, 2.75) is 38.8 Å². The maximum Gasteiger partial charge on any atom is 0.191 e. The molecule has 0 radical (unpaired) electrons. The number of rotatable bonds is 6. The van der Waals surface area contributed by atoms with Crippen molar-refractivity contribution < 1.29 is 4.39 Å². The summed E-state index contributed by atoms with van der Waals surface area (Å²) in [6, 6.07) is 5.18. The molecule has 0 saturated carbocycles. The molecule has 0 fully saturated rings. The monoisotopic (exact) mass is 536 g/mol. The van der Waals surface area contributed by atoms with E-state index in [0.29, 0.717) is 25.5 Å². The molecule has 0 spiro atoms. The highest BCUT2D eigenvalue weighted by molar-refractivity contribution is 14.0. The number of hydrogen-bond acceptors (Lipinski definition) is 3. The van der Waals surface area contributed by atoms with E-state index >= 15 is 0 Å². The predicted octanol–water partition coefficient (Wildman–Crippen LogP) is 3.04. The minimum Gasteiger partial charge on any atom is -0.356 e. The molecule has 2 aromatic rings. The summed E-state index contributed by atoms with van der Waals surface area (Å²) in [5, 5.41) is 14.9. The van der Waals surface area contributed by atoms with Crippen molar-refractivity contribution in [2.24, 2.45) is 4.99 Å². The van der Waals surface area contributed by atoms with Crippen LogP contribution in [0.25, 0.3) is 0 Å². The average molecular weight is 537 g/mol. The maximum atomic E-state index is 13.8. The maximum absolute atomic E-state index is 13.8. The van der Waals surface area contributed by atoms with Gasteiger partial charge in [0.05, 0.1) is 6.54 Å². The molecule has 0 saturated heterocycles. The smallest absolute Gasteiger partial charge is 0.191 e. The van der Waals surface area contributed by atoms with Gasteiger partial charge in [0.25, 0.3) is 0 Å². The summed E-state index contributed by atoms with van der Waals surface area (Å²) in [6.45, 7) is 2.30. The first kappa shape index (κ1) is 21.1. The van der Waals surface area contributed by atoms with E-state index in [1.807, 2.05) is 12.1 Å². The Labute approximate surface area is 178 Å². The van der Waals surface area contributed by atoms with Crippen LogP contribution in [-0.2, 0) is 25.9 Å². The lowest BCUT2D eigenvalue weighted by atomic mass is 10.1. The second-order valence-electron chi connectivity index (χ2n) is 5.98. The minimum atomic E-state index is -0.169. The number of halogens is 3. The first-order chi connectivity index (χ1) is 12.2. The molecule has 1 aromatic carbocycles. The van der Waals surface area contributed by atoms with Crippen molar-refractivity contribution in [3.63, 3.8) is 0 Å². The van der Waals surface area contributed by atoms with E-state index in [2.05, 4.69) is 46.3 Å². The minimum absolute atomic E-state index is 0. The summed E-state index contributed by atoms with van der Waals surface area (Å²) < 4.78 is 16.7. The molecule has 0 amide bonds. The van der Waals surface area contributed by atoms with Crippen LogP contribution in [0.4, 0.5) is 4.39 Å². The Hall–Kier alpha value is -1.23. The fourth-order valence-corrected chi connectivity index (χ4v) is 3.27. The molecular formula is C17H23BrFIN6. The highest BCUT2D eigenvalue weighted by atomic mass is 127. The Morgan fingerprint density at radius 2 is 2.19 bits per heavy atom. The Morgan fingerprint density at radius 3 is 2.96 bits per heavy atom. The molecule has 142 valence electrons. The number of aromatic nitrogens is 3. The van der Waals surface area contributed by atoms with Crippen molar-refractivity contribution in [1.29, 1.82) is 0 Å². The summed E-state index contributed by atoms with van der Waals surface area (Å²) in [4.78, 5) is 4.21. The van der Waals surface area contributed by atoms with E-state index in [0.717, 1.165) is 47.5 Å². The van der Waals surface area contributed by atoms with Crippen molar-refractivity contribution in [3.8, 4) is 0 Å². The van der Waals surface area contributed by atoms with E-state index in [1.165, 1.54) is 6.07 Å². The zero-order valence-electron chi connectivity index (χ0n) is 14.6. The highest BCUT2D eigenvalue weighted by Gasteiger charge is 2.17. The Kier molecular flexibility index (Phi) is 8.26. The molecule has 3 rings (SSSR count). The summed E-state index contributed by atoms with van der Waals surface area (Å²) in [7, 11) is 1.73. The molecule has 6 nitrogen and oxygen atoms in total. The van der Waals surface area contributed by atoms with Gasteiger partial charge in [0.2, 0.25) is 0 Å². The summed E-state index contributed by atoms with van der Waals surface area (Å²) >= 11 is 3.27. The zero-order valence-corrected chi connectivity index (χ0v) is 18.6. The van der Waals surface area contributed by atoms with Gasteiger partial charge in [-0.2, -0.15) is 0 Å². The van der Waals surface area contributed by atoms with Gasteiger partial charge in [-0.1, -0.05) is 22.0 Å².